The minimum atomic E-state index is -4.47. The van der Waals surface area contributed by atoms with E-state index in [0.717, 1.165) is 60.1 Å². The van der Waals surface area contributed by atoms with Crippen LogP contribution in [0.25, 0.3) is 21.5 Å². The minimum absolute atomic E-state index is 0. The fourth-order valence-electron chi connectivity index (χ4n) is 9.03. The predicted molar refractivity (Wildman–Crippen MR) is 276 cm³/mol. The Labute approximate surface area is 427 Å². The summed E-state index contributed by atoms with van der Waals surface area (Å²) >= 11 is 0. The zero-order valence-electron chi connectivity index (χ0n) is 41.4. The third-order valence-electron chi connectivity index (χ3n) is 12.9. The van der Waals surface area contributed by atoms with Crippen LogP contribution in [0.4, 0.5) is 0 Å². The molecule has 0 saturated heterocycles. The molecule has 0 aromatic heterocycles. The summed E-state index contributed by atoms with van der Waals surface area (Å²) in [4.78, 5) is -0.0633. The van der Waals surface area contributed by atoms with Crippen molar-refractivity contribution in [2.24, 2.45) is 0 Å². The van der Waals surface area contributed by atoms with Crippen molar-refractivity contribution in [3.05, 3.63) is 82.9 Å². The van der Waals surface area contributed by atoms with Crippen molar-refractivity contribution in [2.75, 3.05) is 0 Å². The average molecular weight is 960 g/mol. The summed E-state index contributed by atoms with van der Waals surface area (Å²) in [5.74, 6) is 0. The number of fused-ring (bicyclic) bond motifs is 2. The largest absolute Gasteiger partial charge is 2.00 e. The van der Waals surface area contributed by atoms with E-state index in [-0.39, 0.29) is 47.5 Å². The zero-order chi connectivity index (χ0) is 46.5. The Morgan fingerprint density at radius 2 is 0.585 bits per heavy atom. The molecule has 65 heavy (non-hydrogen) atoms. The van der Waals surface area contributed by atoms with Crippen LogP contribution >= 0.6 is 0 Å². The molecule has 4 rings (SSSR count). The molecular formula is C56H86CaO6S2. The summed E-state index contributed by atoms with van der Waals surface area (Å²) in [5, 5.41) is 3.78. The zero-order valence-corrected chi connectivity index (χ0v) is 45.2. The Morgan fingerprint density at radius 3 is 0.862 bits per heavy atom. The number of aryl methyl sites for hydroxylation is 4. The molecule has 0 aliphatic heterocycles. The molecule has 0 radical (unpaired) electrons. The first-order valence-electron chi connectivity index (χ1n) is 25.9. The van der Waals surface area contributed by atoms with Crippen LogP contribution in [0.3, 0.4) is 0 Å². The monoisotopic (exact) mass is 959 g/mol. The van der Waals surface area contributed by atoms with Gasteiger partial charge in [0.05, 0.1) is 9.79 Å². The van der Waals surface area contributed by atoms with Gasteiger partial charge in [-0.05, 0) is 119 Å². The maximum Gasteiger partial charge on any atom is 2.00 e. The maximum absolute atomic E-state index is 11.9. The first-order valence-corrected chi connectivity index (χ1v) is 28.8. The van der Waals surface area contributed by atoms with Gasteiger partial charge in [0, 0.05) is 0 Å². The summed E-state index contributed by atoms with van der Waals surface area (Å²) in [6, 6.07) is 19.5. The molecule has 0 N–H and O–H groups in total. The molecule has 0 saturated carbocycles. The molecule has 360 valence electrons. The standard InChI is InChI=1S/2C28H44O3S.Ca/c2*1-3-5-7-9-11-13-15-17-24-19-20-25-23-28(32(29,30)31)26(22-27(25)21-24)18-16-14-12-10-8-6-4-2;/h2*19-23H,3-18H2,1-2H3,(H,29,30,31);/q;;+2/p-2. The van der Waals surface area contributed by atoms with Crippen molar-refractivity contribution in [1.29, 1.82) is 0 Å². The fourth-order valence-corrected chi connectivity index (χ4v) is 10.5. The average Bonchev–Trinajstić information content (AvgIpc) is 3.26. The van der Waals surface area contributed by atoms with Gasteiger partial charge >= 0.3 is 37.7 Å². The second-order valence-electron chi connectivity index (χ2n) is 18.7. The predicted octanol–water partition coefficient (Wildman–Crippen LogP) is 16.3. The van der Waals surface area contributed by atoms with E-state index in [1.54, 1.807) is 12.1 Å². The molecule has 0 unspecified atom stereocenters. The summed E-state index contributed by atoms with van der Waals surface area (Å²) in [5.41, 5.74) is 3.97. The van der Waals surface area contributed by atoms with Crippen LogP contribution < -0.4 is 0 Å². The number of rotatable bonds is 34. The molecule has 0 spiro atoms. The molecular weight excluding hydrogens is 873 g/mol. The summed E-state index contributed by atoms with van der Waals surface area (Å²) in [6.07, 6.45) is 38.0. The van der Waals surface area contributed by atoms with Gasteiger partial charge in [0.15, 0.2) is 0 Å². The van der Waals surface area contributed by atoms with E-state index < -0.39 is 20.2 Å². The summed E-state index contributed by atoms with van der Waals surface area (Å²) < 4.78 is 71.3. The van der Waals surface area contributed by atoms with E-state index in [0.29, 0.717) is 24.0 Å². The molecule has 4 aromatic rings. The van der Waals surface area contributed by atoms with Crippen molar-refractivity contribution >= 4 is 79.5 Å². The molecule has 0 aliphatic rings. The Kier molecular flexibility index (Phi) is 31.8. The Hall–Kier alpha value is -1.52. The van der Waals surface area contributed by atoms with Crippen LogP contribution in [-0.4, -0.2) is 63.7 Å². The van der Waals surface area contributed by atoms with E-state index in [1.165, 1.54) is 165 Å². The van der Waals surface area contributed by atoms with Crippen molar-refractivity contribution in [1.82, 2.24) is 0 Å². The minimum Gasteiger partial charge on any atom is -0.744 e. The number of hydrogen-bond acceptors (Lipinski definition) is 6. The van der Waals surface area contributed by atoms with Gasteiger partial charge in [-0.15, -0.1) is 0 Å². The molecule has 6 nitrogen and oxygen atoms in total. The maximum atomic E-state index is 11.9. The molecule has 0 aliphatic carbocycles. The van der Waals surface area contributed by atoms with Crippen molar-refractivity contribution in [3.8, 4) is 0 Å². The van der Waals surface area contributed by atoms with Gasteiger partial charge in [0.2, 0.25) is 0 Å². The van der Waals surface area contributed by atoms with Gasteiger partial charge in [-0.1, -0.05) is 218 Å². The van der Waals surface area contributed by atoms with Crippen LogP contribution in [0, 0.1) is 0 Å². The number of benzene rings is 4. The molecule has 0 atom stereocenters. The number of hydrogen-bond donors (Lipinski definition) is 0. The van der Waals surface area contributed by atoms with Crippen molar-refractivity contribution in [3.63, 3.8) is 0 Å². The van der Waals surface area contributed by atoms with Gasteiger partial charge < -0.3 is 9.11 Å². The molecule has 0 heterocycles. The van der Waals surface area contributed by atoms with E-state index >= 15 is 0 Å². The van der Waals surface area contributed by atoms with Gasteiger partial charge in [-0.25, -0.2) is 16.8 Å². The summed E-state index contributed by atoms with van der Waals surface area (Å²) in [6.45, 7) is 8.92. The Balaban J connectivity index is 0.000000440. The molecule has 0 amide bonds. The fraction of sp³-hybridized carbons (Fsp3) is 0.643. The van der Waals surface area contributed by atoms with E-state index in [2.05, 4.69) is 52.0 Å². The second-order valence-corrected chi connectivity index (χ2v) is 21.4. The normalized spacial score (nSPS) is 11.8. The molecule has 0 bridgehead atoms. The van der Waals surface area contributed by atoms with Crippen LogP contribution in [0.5, 0.6) is 0 Å². The van der Waals surface area contributed by atoms with Crippen molar-refractivity contribution in [2.45, 2.75) is 243 Å². The van der Waals surface area contributed by atoms with Crippen molar-refractivity contribution < 1.29 is 25.9 Å². The smallest absolute Gasteiger partial charge is 0.744 e. The Bertz CT molecular complexity index is 1960. The van der Waals surface area contributed by atoms with E-state index in [1.807, 2.05) is 24.3 Å². The van der Waals surface area contributed by atoms with Gasteiger partial charge in [0.1, 0.15) is 20.2 Å². The van der Waals surface area contributed by atoms with E-state index in [9.17, 15) is 25.9 Å². The van der Waals surface area contributed by atoms with Gasteiger partial charge in [0.25, 0.3) is 0 Å². The third-order valence-corrected chi connectivity index (χ3v) is 14.8. The quantitative estimate of drug-likeness (QED) is 0.0262. The second kappa shape index (κ2) is 34.7. The summed E-state index contributed by atoms with van der Waals surface area (Å²) in [7, 11) is -8.93. The molecule has 9 heteroatoms. The third kappa shape index (κ3) is 24.6. The Morgan fingerprint density at radius 1 is 0.323 bits per heavy atom. The van der Waals surface area contributed by atoms with Crippen LogP contribution in [-0.2, 0) is 45.9 Å². The van der Waals surface area contributed by atoms with Crippen LogP contribution in [0.1, 0.15) is 230 Å². The molecule has 0 fully saturated rings. The van der Waals surface area contributed by atoms with Crippen LogP contribution in [0.15, 0.2) is 70.5 Å². The topological polar surface area (TPSA) is 114 Å². The number of unbranched alkanes of at least 4 members (excludes halogenated alkanes) is 24. The first-order chi connectivity index (χ1) is 30.9. The molecule has 4 aromatic carbocycles. The SMILES string of the molecule is CCCCCCCCCc1ccc2cc(S(=O)(=O)[O-])c(CCCCCCCCC)cc2c1.CCCCCCCCCc1ccc2cc(S(=O)(=O)[O-])c(CCCCCCCCC)cc2c1.[Ca+2]. The van der Waals surface area contributed by atoms with E-state index in [4.69, 9.17) is 0 Å². The van der Waals surface area contributed by atoms with Gasteiger partial charge in [-0.2, -0.15) is 0 Å². The first kappa shape index (κ1) is 59.6. The van der Waals surface area contributed by atoms with Crippen LogP contribution in [0.2, 0.25) is 0 Å². The van der Waals surface area contributed by atoms with Gasteiger partial charge in [-0.3, -0.25) is 0 Å².